The topological polar surface area (TPSA) is 127 Å². The second kappa shape index (κ2) is 9.31. The van der Waals surface area contributed by atoms with E-state index in [-0.39, 0.29) is 18.5 Å². The number of amides is 1. The molecule has 0 aliphatic rings. The predicted octanol–water partition coefficient (Wildman–Crippen LogP) is 4.19. The van der Waals surface area contributed by atoms with Gasteiger partial charge in [-0.1, -0.05) is 48.5 Å². The van der Waals surface area contributed by atoms with Crippen molar-refractivity contribution >= 4 is 34.3 Å². The van der Waals surface area contributed by atoms with Gasteiger partial charge < -0.3 is 15.0 Å². The summed E-state index contributed by atoms with van der Waals surface area (Å²) in [4.78, 5) is 39.2. The number of para-hydroxylation sites is 1. The van der Waals surface area contributed by atoms with Gasteiger partial charge in [0.15, 0.2) is 0 Å². The molecule has 0 saturated carbocycles. The highest BCUT2D eigenvalue weighted by molar-refractivity contribution is 5.94. The molecule has 0 spiro atoms. The zero-order valence-corrected chi connectivity index (χ0v) is 17.4. The first-order chi connectivity index (χ1) is 15.9. The number of aliphatic carboxylic acids is 1. The molecule has 0 aliphatic heterocycles. The van der Waals surface area contributed by atoms with Gasteiger partial charge in [-0.2, -0.15) is 0 Å². The molecule has 1 atom stereocenters. The normalized spacial score (nSPS) is 11.8. The van der Waals surface area contributed by atoms with E-state index in [2.05, 4.69) is 10.3 Å². The number of rotatable bonds is 8. The van der Waals surface area contributed by atoms with Crippen LogP contribution >= 0.6 is 0 Å². The number of benzene rings is 3. The molecule has 0 radical (unpaired) electrons. The van der Waals surface area contributed by atoms with E-state index in [1.165, 1.54) is 6.07 Å². The summed E-state index contributed by atoms with van der Waals surface area (Å²) < 4.78 is 1.77. The number of aromatic nitrogens is 2. The lowest BCUT2D eigenvalue weighted by Crippen LogP contribution is -2.16. The van der Waals surface area contributed by atoms with Crippen LogP contribution in [0.4, 0.5) is 11.4 Å². The summed E-state index contributed by atoms with van der Waals surface area (Å²) in [5, 5.41) is 23.4. The number of imidazole rings is 1. The van der Waals surface area contributed by atoms with Crippen molar-refractivity contribution in [1.82, 2.24) is 9.55 Å². The first-order valence-electron chi connectivity index (χ1n) is 10.2. The van der Waals surface area contributed by atoms with Crippen LogP contribution in [0.2, 0.25) is 0 Å². The van der Waals surface area contributed by atoms with Crippen molar-refractivity contribution in [2.24, 2.45) is 0 Å². The lowest BCUT2D eigenvalue weighted by atomic mass is 10.0. The highest BCUT2D eigenvalue weighted by Gasteiger charge is 2.20. The quantitative estimate of drug-likeness (QED) is 0.310. The average molecular weight is 444 g/mol. The number of nitro benzene ring substituents is 1. The maximum atomic E-state index is 12.6. The fraction of sp³-hybridized carbons (Fsp3) is 0.125. The van der Waals surface area contributed by atoms with Crippen LogP contribution in [0.5, 0.6) is 0 Å². The van der Waals surface area contributed by atoms with Crippen LogP contribution < -0.4 is 5.32 Å². The Morgan fingerprint density at radius 3 is 2.52 bits per heavy atom. The van der Waals surface area contributed by atoms with Gasteiger partial charge in [-0.15, -0.1) is 0 Å². The van der Waals surface area contributed by atoms with Crippen LogP contribution in [-0.4, -0.2) is 31.5 Å². The molecule has 166 valence electrons. The molecule has 0 aliphatic carbocycles. The Kier molecular flexibility index (Phi) is 6.12. The first kappa shape index (κ1) is 21.7. The third-order valence-electron chi connectivity index (χ3n) is 5.29. The number of hydrogen-bond acceptors (Lipinski definition) is 5. The van der Waals surface area contributed by atoms with Crippen molar-refractivity contribution in [2.75, 3.05) is 5.32 Å². The van der Waals surface area contributed by atoms with Gasteiger partial charge in [0.25, 0.3) is 5.69 Å². The molecular formula is C24H20N4O5. The largest absolute Gasteiger partial charge is 0.481 e. The van der Waals surface area contributed by atoms with Crippen LogP contribution in [-0.2, 0) is 16.0 Å². The second-order valence-electron chi connectivity index (χ2n) is 7.49. The number of nitrogens with one attached hydrogen (secondary N) is 1. The van der Waals surface area contributed by atoms with Crippen molar-refractivity contribution in [3.8, 4) is 0 Å². The molecule has 1 aromatic heterocycles. The standard InChI is InChI=1S/C24H20N4O5/c29-23(12-17-8-4-5-9-20(17)28(32)33)26-18-10-11-19-22(13-18)27(15-25-19)21(14-24(30)31)16-6-2-1-3-7-16/h1-11,13,15,21H,12,14H2,(H,26,29)(H,30,31). The van der Waals surface area contributed by atoms with Crippen molar-refractivity contribution in [1.29, 1.82) is 0 Å². The maximum absolute atomic E-state index is 12.6. The zero-order chi connectivity index (χ0) is 23.4. The van der Waals surface area contributed by atoms with E-state index in [9.17, 15) is 24.8 Å². The monoisotopic (exact) mass is 444 g/mol. The van der Waals surface area contributed by atoms with Crippen LogP contribution in [0, 0.1) is 10.1 Å². The number of nitro groups is 1. The molecule has 4 rings (SSSR count). The molecule has 1 unspecified atom stereocenters. The van der Waals surface area contributed by atoms with Crippen LogP contribution in [0.25, 0.3) is 11.0 Å². The van der Waals surface area contributed by atoms with Gasteiger partial charge in [0.05, 0.1) is 41.2 Å². The molecule has 4 aromatic rings. The maximum Gasteiger partial charge on any atom is 0.305 e. The summed E-state index contributed by atoms with van der Waals surface area (Å²) in [6.45, 7) is 0. The van der Waals surface area contributed by atoms with Gasteiger partial charge in [-0.05, 0) is 23.8 Å². The summed E-state index contributed by atoms with van der Waals surface area (Å²) in [5.74, 6) is -1.35. The van der Waals surface area contributed by atoms with Gasteiger partial charge >= 0.3 is 5.97 Å². The highest BCUT2D eigenvalue weighted by Crippen LogP contribution is 2.28. The van der Waals surface area contributed by atoms with E-state index in [0.717, 1.165) is 5.56 Å². The van der Waals surface area contributed by atoms with Gasteiger partial charge in [0.1, 0.15) is 0 Å². The summed E-state index contributed by atoms with van der Waals surface area (Å²) >= 11 is 0. The molecule has 0 saturated heterocycles. The minimum absolute atomic E-state index is 0.111. The van der Waals surface area contributed by atoms with Crippen molar-refractivity contribution < 1.29 is 19.6 Å². The van der Waals surface area contributed by atoms with E-state index in [4.69, 9.17) is 0 Å². The number of nitrogens with zero attached hydrogens (tertiary/aromatic N) is 3. The molecule has 1 heterocycles. The van der Waals surface area contributed by atoms with Crippen LogP contribution in [0.1, 0.15) is 23.6 Å². The molecule has 0 bridgehead atoms. The fourth-order valence-corrected chi connectivity index (χ4v) is 3.79. The number of carboxylic acid groups (broad SMARTS) is 1. The van der Waals surface area contributed by atoms with Gasteiger partial charge in [0, 0.05) is 17.3 Å². The van der Waals surface area contributed by atoms with Crippen molar-refractivity contribution in [3.05, 3.63) is 100 Å². The van der Waals surface area contributed by atoms with Crippen LogP contribution in [0.3, 0.4) is 0 Å². The Hall–Kier alpha value is -4.53. The number of hydrogen-bond donors (Lipinski definition) is 2. The summed E-state index contributed by atoms with van der Waals surface area (Å²) in [6, 6.07) is 20.0. The second-order valence-corrected chi connectivity index (χ2v) is 7.49. The van der Waals surface area contributed by atoms with E-state index < -0.39 is 22.8 Å². The van der Waals surface area contributed by atoms with E-state index in [0.29, 0.717) is 22.3 Å². The molecule has 0 fully saturated rings. The molecule has 9 nitrogen and oxygen atoms in total. The lowest BCUT2D eigenvalue weighted by Gasteiger charge is -2.18. The average Bonchev–Trinajstić information content (AvgIpc) is 3.21. The summed E-state index contributed by atoms with van der Waals surface area (Å²) in [7, 11) is 0. The predicted molar refractivity (Wildman–Crippen MR) is 122 cm³/mol. The number of carbonyl (C=O) groups is 2. The Morgan fingerprint density at radius 2 is 1.79 bits per heavy atom. The Bertz CT molecular complexity index is 1330. The minimum atomic E-state index is -0.945. The molecule has 33 heavy (non-hydrogen) atoms. The molecule has 3 aromatic carbocycles. The van der Waals surface area contributed by atoms with Gasteiger partial charge in [-0.25, -0.2) is 4.98 Å². The Labute approximate surface area is 188 Å². The molecular weight excluding hydrogens is 424 g/mol. The van der Waals surface area contributed by atoms with Crippen LogP contribution in [0.15, 0.2) is 79.1 Å². The van der Waals surface area contributed by atoms with Crippen molar-refractivity contribution in [3.63, 3.8) is 0 Å². The Balaban J connectivity index is 1.62. The summed E-state index contributed by atoms with van der Waals surface area (Å²) in [6.07, 6.45) is 1.30. The van der Waals surface area contributed by atoms with Gasteiger partial charge in [-0.3, -0.25) is 19.7 Å². The third-order valence-corrected chi connectivity index (χ3v) is 5.29. The SMILES string of the molecule is O=C(O)CC(c1ccccc1)n1cnc2ccc(NC(=O)Cc3ccccc3[N+](=O)[O-])cc21. The lowest BCUT2D eigenvalue weighted by molar-refractivity contribution is -0.385. The zero-order valence-electron chi connectivity index (χ0n) is 17.4. The minimum Gasteiger partial charge on any atom is -0.481 e. The fourth-order valence-electron chi connectivity index (χ4n) is 3.79. The van der Waals surface area contributed by atoms with E-state index in [1.54, 1.807) is 47.3 Å². The highest BCUT2D eigenvalue weighted by atomic mass is 16.6. The number of anilines is 1. The Morgan fingerprint density at radius 1 is 1.06 bits per heavy atom. The van der Waals surface area contributed by atoms with Crippen molar-refractivity contribution in [2.45, 2.75) is 18.9 Å². The van der Waals surface area contributed by atoms with E-state index >= 15 is 0 Å². The first-order valence-corrected chi connectivity index (χ1v) is 10.2. The third kappa shape index (κ3) is 4.87. The van der Waals surface area contributed by atoms with E-state index in [1.807, 2.05) is 30.3 Å². The molecule has 1 amide bonds. The number of carbonyl (C=O) groups excluding carboxylic acids is 1. The smallest absolute Gasteiger partial charge is 0.305 e. The van der Waals surface area contributed by atoms with Gasteiger partial charge in [0.2, 0.25) is 5.91 Å². The molecule has 9 heteroatoms. The number of carboxylic acids is 1. The number of fused-ring (bicyclic) bond motifs is 1. The molecule has 2 N–H and O–H groups in total. The summed E-state index contributed by atoms with van der Waals surface area (Å²) in [5.41, 5.74) is 2.82.